The predicted octanol–water partition coefficient (Wildman–Crippen LogP) is 3.72. The van der Waals surface area contributed by atoms with Crippen LogP contribution in [-0.4, -0.2) is 57.3 Å². The van der Waals surface area contributed by atoms with Gasteiger partial charge in [-0.3, -0.25) is 9.69 Å². The first-order valence-corrected chi connectivity index (χ1v) is 10.5. The molecule has 0 bridgehead atoms. The topological polar surface area (TPSA) is 42.0 Å². The van der Waals surface area contributed by atoms with Crippen LogP contribution in [0.1, 0.15) is 44.9 Å². The molecule has 1 aromatic rings. The van der Waals surface area contributed by atoms with Crippen LogP contribution >= 0.6 is 0 Å². The monoisotopic (exact) mass is 374 g/mol. The van der Waals surface area contributed by atoms with Gasteiger partial charge in [0, 0.05) is 26.2 Å². The predicted molar refractivity (Wildman–Crippen MR) is 108 cm³/mol. The number of nitrogens with zero attached hydrogens (tertiary/aromatic N) is 2. The van der Waals surface area contributed by atoms with E-state index in [4.69, 9.17) is 9.47 Å². The van der Waals surface area contributed by atoms with Gasteiger partial charge in [-0.2, -0.15) is 0 Å². The van der Waals surface area contributed by atoms with E-state index < -0.39 is 0 Å². The second-order valence-electron chi connectivity index (χ2n) is 7.71. The largest absolute Gasteiger partial charge is 0.495 e. The van der Waals surface area contributed by atoms with E-state index in [1.165, 1.54) is 24.9 Å². The maximum absolute atomic E-state index is 12.0. The molecule has 3 rings (SSSR count). The van der Waals surface area contributed by atoms with Gasteiger partial charge in [-0.1, -0.05) is 31.4 Å². The maximum atomic E-state index is 12.0. The molecule has 150 valence electrons. The van der Waals surface area contributed by atoms with Crippen LogP contribution in [0.4, 0.5) is 5.69 Å². The van der Waals surface area contributed by atoms with E-state index in [1.54, 1.807) is 7.11 Å². The smallest absolute Gasteiger partial charge is 0.308 e. The van der Waals surface area contributed by atoms with Crippen molar-refractivity contribution in [3.05, 3.63) is 24.3 Å². The number of para-hydroxylation sites is 2. The van der Waals surface area contributed by atoms with E-state index in [1.807, 2.05) is 12.1 Å². The summed E-state index contributed by atoms with van der Waals surface area (Å²) in [5, 5.41) is 0. The lowest BCUT2D eigenvalue weighted by atomic mass is 9.89. The molecule has 0 spiro atoms. The van der Waals surface area contributed by atoms with Crippen molar-refractivity contribution >= 4 is 11.7 Å². The fourth-order valence-electron chi connectivity index (χ4n) is 4.17. The average Bonchev–Trinajstić information content (AvgIpc) is 2.74. The molecule has 0 atom stereocenters. The number of ether oxygens (including phenoxy) is 2. The van der Waals surface area contributed by atoms with E-state index in [0.29, 0.717) is 6.61 Å². The van der Waals surface area contributed by atoms with Gasteiger partial charge in [0.05, 0.1) is 25.3 Å². The summed E-state index contributed by atoms with van der Waals surface area (Å²) >= 11 is 0. The van der Waals surface area contributed by atoms with Crippen molar-refractivity contribution in [1.29, 1.82) is 0 Å². The van der Waals surface area contributed by atoms with Crippen molar-refractivity contribution in [1.82, 2.24) is 4.90 Å². The van der Waals surface area contributed by atoms with Gasteiger partial charge >= 0.3 is 5.97 Å². The Balaban J connectivity index is 1.29. The average molecular weight is 375 g/mol. The zero-order valence-electron chi connectivity index (χ0n) is 16.7. The molecule has 1 aromatic carbocycles. The van der Waals surface area contributed by atoms with Gasteiger partial charge in [0.2, 0.25) is 0 Å². The first-order valence-electron chi connectivity index (χ1n) is 10.5. The molecule has 0 unspecified atom stereocenters. The zero-order chi connectivity index (χ0) is 18.9. The van der Waals surface area contributed by atoms with Crippen molar-refractivity contribution in [2.75, 3.05) is 51.3 Å². The molecule has 27 heavy (non-hydrogen) atoms. The van der Waals surface area contributed by atoms with Crippen LogP contribution in [0.15, 0.2) is 24.3 Å². The van der Waals surface area contributed by atoms with Crippen LogP contribution in [0.5, 0.6) is 5.75 Å². The molecule has 2 aliphatic rings. The van der Waals surface area contributed by atoms with E-state index >= 15 is 0 Å². The van der Waals surface area contributed by atoms with Crippen LogP contribution in [0.25, 0.3) is 0 Å². The summed E-state index contributed by atoms with van der Waals surface area (Å²) in [6.45, 7) is 5.85. The molecule has 5 heteroatoms. The molecule has 0 aromatic heterocycles. The Morgan fingerprint density at radius 2 is 1.78 bits per heavy atom. The molecule has 0 amide bonds. The standard InChI is InChI=1S/C22H34N2O3/c1-26-21-12-6-5-11-20(21)24-16-14-23(15-17-24)13-7-8-18-27-22(25)19-9-3-2-4-10-19/h5-6,11-12,19H,2-4,7-10,13-18H2,1H3. The summed E-state index contributed by atoms with van der Waals surface area (Å²) in [4.78, 5) is 17.0. The third-order valence-corrected chi connectivity index (χ3v) is 5.85. The highest BCUT2D eigenvalue weighted by atomic mass is 16.5. The Kier molecular flexibility index (Phi) is 7.81. The molecule has 1 aliphatic carbocycles. The van der Waals surface area contributed by atoms with Crippen molar-refractivity contribution < 1.29 is 14.3 Å². The molecule has 1 saturated carbocycles. The SMILES string of the molecule is COc1ccccc1N1CCN(CCCCOC(=O)C2CCCCC2)CC1. The first-order chi connectivity index (χ1) is 13.3. The molecule has 1 aliphatic heterocycles. The van der Waals surface area contributed by atoms with Crippen molar-refractivity contribution in [2.24, 2.45) is 5.92 Å². The molecule has 0 radical (unpaired) electrons. The number of methoxy groups -OCH3 is 1. The third-order valence-electron chi connectivity index (χ3n) is 5.85. The Morgan fingerprint density at radius 1 is 1.04 bits per heavy atom. The van der Waals surface area contributed by atoms with E-state index in [-0.39, 0.29) is 11.9 Å². The summed E-state index contributed by atoms with van der Waals surface area (Å²) in [5.74, 6) is 1.16. The Bertz CT molecular complexity index is 579. The molecular formula is C22H34N2O3. The molecule has 5 nitrogen and oxygen atoms in total. The summed E-state index contributed by atoms with van der Waals surface area (Å²) in [6, 6.07) is 8.24. The molecule has 1 heterocycles. The van der Waals surface area contributed by atoms with Crippen molar-refractivity contribution in [3.8, 4) is 5.75 Å². The number of unbranched alkanes of at least 4 members (excludes halogenated alkanes) is 1. The second kappa shape index (κ2) is 10.5. The fourth-order valence-corrected chi connectivity index (χ4v) is 4.17. The Hall–Kier alpha value is -1.75. The highest BCUT2D eigenvalue weighted by molar-refractivity contribution is 5.72. The second-order valence-corrected chi connectivity index (χ2v) is 7.71. The minimum absolute atomic E-state index is 0.0418. The number of carbonyl (C=O) groups is 1. The number of piperazine rings is 1. The number of rotatable bonds is 8. The van der Waals surface area contributed by atoms with Gasteiger partial charge in [-0.05, 0) is 44.4 Å². The summed E-state index contributed by atoms with van der Waals surface area (Å²) < 4.78 is 11.0. The first kappa shape index (κ1) is 20.0. The van der Waals surface area contributed by atoms with E-state index in [0.717, 1.165) is 64.2 Å². The van der Waals surface area contributed by atoms with Crippen molar-refractivity contribution in [2.45, 2.75) is 44.9 Å². The molecule has 2 fully saturated rings. The third kappa shape index (κ3) is 5.86. The molecular weight excluding hydrogens is 340 g/mol. The van der Waals surface area contributed by atoms with Crippen molar-refractivity contribution in [3.63, 3.8) is 0 Å². The van der Waals surface area contributed by atoms with Crippen LogP contribution in [0.2, 0.25) is 0 Å². The zero-order valence-corrected chi connectivity index (χ0v) is 16.7. The van der Waals surface area contributed by atoms with E-state index in [2.05, 4.69) is 21.9 Å². The maximum Gasteiger partial charge on any atom is 0.308 e. The highest BCUT2D eigenvalue weighted by Crippen LogP contribution is 2.28. The van der Waals surface area contributed by atoms with Crippen LogP contribution < -0.4 is 9.64 Å². The number of carbonyl (C=O) groups excluding carboxylic acids is 1. The van der Waals surface area contributed by atoms with Gasteiger partial charge in [0.25, 0.3) is 0 Å². The lowest BCUT2D eigenvalue weighted by Gasteiger charge is -2.36. The molecule has 1 saturated heterocycles. The fraction of sp³-hybridized carbons (Fsp3) is 0.682. The summed E-state index contributed by atoms with van der Waals surface area (Å²) in [5.41, 5.74) is 1.19. The molecule has 0 N–H and O–H groups in total. The Labute approximate surface area is 163 Å². The minimum atomic E-state index is 0.0418. The highest BCUT2D eigenvalue weighted by Gasteiger charge is 2.22. The lowest BCUT2D eigenvalue weighted by Crippen LogP contribution is -2.46. The number of hydrogen-bond donors (Lipinski definition) is 0. The van der Waals surface area contributed by atoms with Gasteiger partial charge in [-0.25, -0.2) is 0 Å². The van der Waals surface area contributed by atoms with Gasteiger partial charge in [-0.15, -0.1) is 0 Å². The number of hydrogen-bond acceptors (Lipinski definition) is 5. The summed E-state index contributed by atoms with van der Waals surface area (Å²) in [7, 11) is 1.73. The lowest BCUT2D eigenvalue weighted by molar-refractivity contribution is -0.149. The van der Waals surface area contributed by atoms with Gasteiger partial charge < -0.3 is 14.4 Å². The summed E-state index contributed by atoms with van der Waals surface area (Å²) in [6.07, 6.45) is 7.73. The van der Waals surface area contributed by atoms with Crippen LogP contribution in [0.3, 0.4) is 0 Å². The number of benzene rings is 1. The number of anilines is 1. The van der Waals surface area contributed by atoms with Gasteiger partial charge in [0.1, 0.15) is 5.75 Å². The number of esters is 1. The normalized spacial score (nSPS) is 19.1. The quantitative estimate of drug-likeness (QED) is 0.512. The van der Waals surface area contributed by atoms with E-state index in [9.17, 15) is 4.79 Å². The van der Waals surface area contributed by atoms with Crippen LogP contribution in [0, 0.1) is 5.92 Å². The van der Waals surface area contributed by atoms with Gasteiger partial charge in [0.15, 0.2) is 0 Å². The minimum Gasteiger partial charge on any atom is -0.495 e. The Morgan fingerprint density at radius 3 is 2.52 bits per heavy atom. The van der Waals surface area contributed by atoms with Crippen LogP contribution in [-0.2, 0) is 9.53 Å².